The van der Waals surface area contributed by atoms with Crippen molar-refractivity contribution < 1.29 is 14.4 Å². The standard InChI is InChI=1S/C22H28N4O3/c27-20-9-8-19(21(28)25-20)26-12-16-13(4-3-6-14(16)22(26)29)10-23-18-11-24-17-7-2-1-5-15(17)18/h3-4,6,15,17-19,23-24H,1-2,5,7-12H2,(H,25,27,28). The predicted molar refractivity (Wildman–Crippen MR) is 107 cm³/mol. The summed E-state index contributed by atoms with van der Waals surface area (Å²) in [5.41, 5.74) is 2.83. The van der Waals surface area contributed by atoms with Gasteiger partial charge in [0.1, 0.15) is 6.04 Å². The minimum atomic E-state index is -0.560. The lowest BCUT2D eigenvalue weighted by molar-refractivity contribution is -0.136. The molecule has 154 valence electrons. The minimum absolute atomic E-state index is 0.105. The second kappa shape index (κ2) is 7.54. The van der Waals surface area contributed by atoms with Gasteiger partial charge in [-0.1, -0.05) is 25.0 Å². The number of benzene rings is 1. The van der Waals surface area contributed by atoms with Gasteiger partial charge >= 0.3 is 0 Å². The first-order valence-corrected chi connectivity index (χ1v) is 10.8. The van der Waals surface area contributed by atoms with Gasteiger partial charge in [-0.2, -0.15) is 0 Å². The van der Waals surface area contributed by atoms with Crippen molar-refractivity contribution in [2.45, 2.75) is 69.7 Å². The molecule has 29 heavy (non-hydrogen) atoms. The Kier molecular flexibility index (Phi) is 4.87. The average molecular weight is 396 g/mol. The van der Waals surface area contributed by atoms with Crippen LogP contribution in [0.4, 0.5) is 0 Å². The molecule has 3 N–H and O–H groups in total. The van der Waals surface area contributed by atoms with Crippen LogP contribution in [0, 0.1) is 5.92 Å². The molecular formula is C22H28N4O3. The van der Waals surface area contributed by atoms with E-state index in [1.165, 1.54) is 25.7 Å². The Morgan fingerprint density at radius 1 is 1.10 bits per heavy atom. The van der Waals surface area contributed by atoms with E-state index >= 15 is 0 Å². The van der Waals surface area contributed by atoms with Gasteiger partial charge in [0.05, 0.1) is 0 Å². The minimum Gasteiger partial charge on any atom is -0.322 e. The molecule has 7 nitrogen and oxygen atoms in total. The summed E-state index contributed by atoms with van der Waals surface area (Å²) < 4.78 is 0. The molecule has 0 radical (unpaired) electrons. The Labute approximate surface area is 170 Å². The summed E-state index contributed by atoms with van der Waals surface area (Å²) in [5, 5.41) is 9.77. The maximum atomic E-state index is 13.0. The molecule has 0 aromatic heterocycles. The van der Waals surface area contributed by atoms with Crippen molar-refractivity contribution in [1.29, 1.82) is 0 Å². The monoisotopic (exact) mass is 396 g/mol. The molecule has 3 aliphatic heterocycles. The largest absolute Gasteiger partial charge is 0.322 e. The van der Waals surface area contributed by atoms with Crippen LogP contribution in [0.2, 0.25) is 0 Å². The van der Waals surface area contributed by atoms with E-state index in [0.29, 0.717) is 36.5 Å². The maximum absolute atomic E-state index is 13.0. The lowest BCUT2D eigenvalue weighted by Gasteiger charge is -2.29. The number of hydrogen-bond donors (Lipinski definition) is 3. The van der Waals surface area contributed by atoms with Crippen LogP contribution < -0.4 is 16.0 Å². The Morgan fingerprint density at radius 2 is 1.97 bits per heavy atom. The molecule has 3 amide bonds. The van der Waals surface area contributed by atoms with Crippen LogP contribution in [0.5, 0.6) is 0 Å². The third kappa shape index (κ3) is 3.36. The summed E-state index contributed by atoms with van der Waals surface area (Å²) in [6.07, 6.45) is 5.88. The van der Waals surface area contributed by atoms with Gasteiger partial charge in [0.25, 0.3) is 5.91 Å². The van der Waals surface area contributed by atoms with Crippen LogP contribution in [0.1, 0.15) is 60.0 Å². The lowest BCUT2D eigenvalue weighted by atomic mass is 9.83. The Hall–Kier alpha value is -2.25. The number of nitrogens with zero attached hydrogens (tertiary/aromatic N) is 1. The molecule has 0 spiro atoms. The quantitative estimate of drug-likeness (QED) is 0.663. The number of carbonyl (C=O) groups excluding carboxylic acids is 3. The zero-order valence-corrected chi connectivity index (χ0v) is 16.6. The number of imide groups is 1. The average Bonchev–Trinajstić information content (AvgIpc) is 3.28. The smallest absolute Gasteiger partial charge is 0.255 e. The van der Waals surface area contributed by atoms with E-state index in [1.54, 1.807) is 4.90 Å². The van der Waals surface area contributed by atoms with Crippen LogP contribution >= 0.6 is 0 Å². The molecular weight excluding hydrogens is 368 g/mol. The molecule has 1 saturated carbocycles. The molecule has 5 rings (SSSR count). The first-order valence-electron chi connectivity index (χ1n) is 10.8. The molecule has 3 fully saturated rings. The number of nitrogens with one attached hydrogen (secondary N) is 3. The van der Waals surface area contributed by atoms with Gasteiger partial charge in [-0.3, -0.25) is 19.7 Å². The third-order valence-electron chi connectivity index (χ3n) is 7.17. The number of rotatable bonds is 4. The predicted octanol–water partition coefficient (Wildman–Crippen LogP) is 1.07. The van der Waals surface area contributed by atoms with Crippen molar-refractivity contribution in [3.8, 4) is 0 Å². The van der Waals surface area contributed by atoms with Gasteiger partial charge in [0.2, 0.25) is 11.8 Å². The Bertz CT molecular complexity index is 854. The molecule has 2 saturated heterocycles. The molecule has 4 aliphatic rings. The summed E-state index contributed by atoms with van der Waals surface area (Å²) in [6.45, 7) is 2.17. The highest BCUT2D eigenvalue weighted by Crippen LogP contribution is 2.32. The topological polar surface area (TPSA) is 90.5 Å². The number of piperidine rings is 1. The fourth-order valence-corrected chi connectivity index (χ4v) is 5.60. The van der Waals surface area contributed by atoms with Crippen molar-refractivity contribution in [2.24, 2.45) is 5.92 Å². The summed E-state index contributed by atoms with van der Waals surface area (Å²) in [7, 11) is 0. The van der Waals surface area contributed by atoms with Crippen LogP contribution in [0.3, 0.4) is 0 Å². The van der Waals surface area contributed by atoms with Crippen molar-refractivity contribution >= 4 is 17.7 Å². The lowest BCUT2D eigenvalue weighted by Crippen LogP contribution is -2.52. The van der Waals surface area contributed by atoms with Crippen LogP contribution in [-0.2, 0) is 22.7 Å². The van der Waals surface area contributed by atoms with Crippen LogP contribution in [0.15, 0.2) is 18.2 Å². The molecule has 1 aliphatic carbocycles. The normalized spacial score (nSPS) is 31.6. The maximum Gasteiger partial charge on any atom is 0.255 e. The molecule has 1 aromatic rings. The third-order valence-corrected chi connectivity index (χ3v) is 7.17. The molecule has 4 atom stereocenters. The first kappa shape index (κ1) is 18.8. The molecule has 4 unspecified atom stereocenters. The van der Waals surface area contributed by atoms with Gasteiger partial charge in [-0.15, -0.1) is 0 Å². The Balaban J connectivity index is 1.29. The van der Waals surface area contributed by atoms with Crippen molar-refractivity contribution in [1.82, 2.24) is 20.9 Å². The number of amides is 3. The van der Waals surface area contributed by atoms with Gasteiger partial charge in [-0.25, -0.2) is 0 Å². The summed E-state index contributed by atoms with van der Waals surface area (Å²) in [5.74, 6) is -0.0257. The van der Waals surface area contributed by atoms with E-state index in [1.807, 2.05) is 12.1 Å². The summed E-state index contributed by atoms with van der Waals surface area (Å²) in [6, 6.07) is 6.41. The van der Waals surface area contributed by atoms with E-state index in [4.69, 9.17) is 0 Å². The highest BCUT2D eigenvalue weighted by molar-refractivity contribution is 6.05. The fourth-order valence-electron chi connectivity index (χ4n) is 5.60. The van der Waals surface area contributed by atoms with Gasteiger partial charge in [0.15, 0.2) is 0 Å². The van der Waals surface area contributed by atoms with E-state index in [2.05, 4.69) is 22.0 Å². The molecule has 1 aromatic carbocycles. The van der Waals surface area contributed by atoms with E-state index in [0.717, 1.165) is 24.2 Å². The number of carbonyl (C=O) groups is 3. The number of fused-ring (bicyclic) bond motifs is 2. The van der Waals surface area contributed by atoms with Gasteiger partial charge < -0.3 is 15.5 Å². The SMILES string of the molecule is O=C1CCC(N2Cc3c(CNC4CNC5CCCCC54)cccc3C2=O)C(=O)N1. The summed E-state index contributed by atoms with van der Waals surface area (Å²) >= 11 is 0. The van der Waals surface area contributed by atoms with E-state index < -0.39 is 6.04 Å². The molecule has 0 bridgehead atoms. The van der Waals surface area contributed by atoms with Gasteiger partial charge in [0, 0.05) is 43.7 Å². The van der Waals surface area contributed by atoms with Crippen LogP contribution in [0.25, 0.3) is 0 Å². The zero-order valence-electron chi connectivity index (χ0n) is 16.6. The Morgan fingerprint density at radius 3 is 2.83 bits per heavy atom. The second-order valence-corrected chi connectivity index (χ2v) is 8.79. The van der Waals surface area contributed by atoms with Crippen molar-refractivity contribution in [3.63, 3.8) is 0 Å². The van der Waals surface area contributed by atoms with E-state index in [9.17, 15) is 14.4 Å². The van der Waals surface area contributed by atoms with Gasteiger partial charge in [-0.05, 0) is 42.4 Å². The van der Waals surface area contributed by atoms with Crippen LogP contribution in [-0.4, -0.2) is 47.3 Å². The number of hydrogen-bond acceptors (Lipinski definition) is 5. The summed E-state index contributed by atoms with van der Waals surface area (Å²) in [4.78, 5) is 38.3. The van der Waals surface area contributed by atoms with Crippen molar-refractivity contribution in [3.05, 3.63) is 34.9 Å². The second-order valence-electron chi connectivity index (χ2n) is 8.79. The van der Waals surface area contributed by atoms with E-state index in [-0.39, 0.29) is 24.1 Å². The highest BCUT2D eigenvalue weighted by atomic mass is 16.2. The van der Waals surface area contributed by atoms with Crippen molar-refractivity contribution in [2.75, 3.05) is 6.54 Å². The fraction of sp³-hybridized carbons (Fsp3) is 0.591. The zero-order chi connectivity index (χ0) is 20.0. The first-order chi connectivity index (χ1) is 14.1. The molecule has 3 heterocycles. The highest BCUT2D eigenvalue weighted by Gasteiger charge is 2.40. The molecule has 7 heteroatoms.